The van der Waals surface area contributed by atoms with Crippen molar-refractivity contribution in [1.82, 2.24) is 5.32 Å². The number of carbonyl (C=O) groups is 2. The zero-order chi connectivity index (χ0) is 64.2. The second-order valence-electron chi connectivity index (χ2n) is 27.7. The summed E-state index contributed by atoms with van der Waals surface area (Å²) in [6.07, 6.45) is 104. The van der Waals surface area contributed by atoms with Crippen LogP contribution in [0.5, 0.6) is 0 Å². The van der Waals surface area contributed by atoms with Gasteiger partial charge in [-0.2, -0.15) is 0 Å². The van der Waals surface area contributed by atoms with Crippen LogP contribution in [0.1, 0.15) is 444 Å². The molecule has 0 heterocycles. The number of amides is 1. The van der Waals surface area contributed by atoms with E-state index in [-0.39, 0.29) is 18.5 Å². The maximum Gasteiger partial charge on any atom is 0.305 e. The highest BCUT2D eigenvalue weighted by molar-refractivity contribution is 5.76. The number of aliphatic hydroxyl groups is 2. The van der Waals surface area contributed by atoms with Crippen LogP contribution >= 0.6 is 0 Å². The number of rotatable bonds is 76. The molecule has 2 unspecified atom stereocenters. The van der Waals surface area contributed by atoms with Gasteiger partial charge in [0.15, 0.2) is 0 Å². The van der Waals surface area contributed by atoms with Gasteiger partial charge in [-0.1, -0.05) is 396 Å². The summed E-state index contributed by atoms with van der Waals surface area (Å²) in [7, 11) is 0. The van der Waals surface area contributed by atoms with Crippen molar-refractivity contribution in [2.24, 2.45) is 0 Å². The molecule has 0 spiro atoms. The summed E-state index contributed by atoms with van der Waals surface area (Å²) in [6.45, 7) is 4.93. The smallest absolute Gasteiger partial charge is 0.305 e. The summed E-state index contributed by atoms with van der Waals surface area (Å²) in [5, 5.41) is 23.4. The molecule has 1 amide bonds. The quantitative estimate of drug-likeness (QED) is 0.0320. The molecule has 0 radical (unpaired) electrons. The predicted molar refractivity (Wildman–Crippen MR) is 393 cm³/mol. The average molecular weight is 1250 g/mol. The standard InChI is InChI=1S/C83H157NO5/c1-3-5-7-9-11-13-15-17-18-19-20-42-45-48-52-55-59-63-67-71-75-81(86)80(79-85)84-82(87)76-72-68-64-60-56-53-49-46-43-40-38-36-34-32-30-28-26-24-22-21-23-25-27-29-31-33-35-37-39-41-44-47-50-54-58-62-66-70-74-78-89-83(88)77-73-69-65-61-57-51-16-14-12-10-8-6-4-2/h8,10,14,16,21-22,25,27,80-81,85-86H,3-7,9,11-13,15,17-20,23-24,26,28-79H2,1-2H3,(H,84,87)/b10-8-,16-14-,22-21-,27-25-. The molecule has 0 saturated carbocycles. The number of esters is 1. The Labute approximate surface area is 556 Å². The van der Waals surface area contributed by atoms with Crippen molar-refractivity contribution < 1.29 is 24.5 Å². The van der Waals surface area contributed by atoms with E-state index in [1.165, 1.54) is 353 Å². The van der Waals surface area contributed by atoms with Gasteiger partial charge in [-0.25, -0.2) is 0 Å². The van der Waals surface area contributed by atoms with Crippen LogP contribution in [0.2, 0.25) is 0 Å². The monoisotopic (exact) mass is 1250 g/mol. The van der Waals surface area contributed by atoms with E-state index in [9.17, 15) is 19.8 Å². The Morgan fingerprint density at radius 3 is 0.899 bits per heavy atom. The molecule has 0 aromatic heterocycles. The van der Waals surface area contributed by atoms with Crippen molar-refractivity contribution in [2.45, 2.75) is 456 Å². The van der Waals surface area contributed by atoms with Crippen LogP contribution in [-0.2, 0) is 14.3 Å². The second kappa shape index (κ2) is 78.3. The largest absolute Gasteiger partial charge is 0.466 e. The molecule has 89 heavy (non-hydrogen) atoms. The summed E-state index contributed by atoms with van der Waals surface area (Å²) >= 11 is 0. The third-order valence-electron chi connectivity index (χ3n) is 18.8. The zero-order valence-electron chi connectivity index (χ0n) is 60.2. The number of aliphatic hydroxyl groups excluding tert-OH is 2. The Kier molecular flexibility index (Phi) is 76.3. The van der Waals surface area contributed by atoms with Crippen molar-refractivity contribution in [3.05, 3.63) is 48.6 Å². The number of allylic oxidation sites excluding steroid dienone is 8. The molecular weight excluding hydrogens is 1090 g/mol. The van der Waals surface area contributed by atoms with Gasteiger partial charge in [-0.3, -0.25) is 9.59 Å². The van der Waals surface area contributed by atoms with Gasteiger partial charge in [-0.05, 0) is 83.5 Å². The van der Waals surface area contributed by atoms with Gasteiger partial charge in [0.1, 0.15) is 0 Å². The minimum Gasteiger partial charge on any atom is -0.466 e. The van der Waals surface area contributed by atoms with E-state index >= 15 is 0 Å². The highest BCUT2D eigenvalue weighted by atomic mass is 16.5. The minimum absolute atomic E-state index is 0.00521. The van der Waals surface area contributed by atoms with Crippen molar-refractivity contribution in [3.8, 4) is 0 Å². The molecule has 0 rings (SSSR count). The molecule has 3 N–H and O–H groups in total. The number of ether oxygens (including phenoxy) is 1. The molecule has 0 aromatic carbocycles. The highest BCUT2D eigenvalue weighted by Crippen LogP contribution is 2.20. The van der Waals surface area contributed by atoms with E-state index in [0.717, 1.165) is 57.8 Å². The number of nitrogens with one attached hydrogen (secondary N) is 1. The van der Waals surface area contributed by atoms with Crippen molar-refractivity contribution in [3.63, 3.8) is 0 Å². The lowest BCUT2D eigenvalue weighted by atomic mass is 10.0. The molecule has 6 nitrogen and oxygen atoms in total. The Bertz CT molecular complexity index is 1490. The third kappa shape index (κ3) is 74.7. The fourth-order valence-electron chi connectivity index (χ4n) is 12.7. The van der Waals surface area contributed by atoms with Crippen molar-refractivity contribution in [1.29, 1.82) is 0 Å². The maximum atomic E-state index is 12.6. The lowest BCUT2D eigenvalue weighted by Gasteiger charge is -2.22. The van der Waals surface area contributed by atoms with Gasteiger partial charge in [-0.15, -0.1) is 0 Å². The molecule has 0 bridgehead atoms. The molecule has 524 valence electrons. The number of hydrogen-bond acceptors (Lipinski definition) is 5. The van der Waals surface area contributed by atoms with Gasteiger partial charge in [0.05, 0.1) is 25.4 Å². The third-order valence-corrected chi connectivity index (χ3v) is 18.8. The normalized spacial score (nSPS) is 12.7. The van der Waals surface area contributed by atoms with E-state index in [1.807, 2.05) is 0 Å². The fraction of sp³-hybridized carbons (Fsp3) is 0.880. The van der Waals surface area contributed by atoms with Crippen molar-refractivity contribution in [2.75, 3.05) is 13.2 Å². The van der Waals surface area contributed by atoms with Crippen LogP contribution in [0.25, 0.3) is 0 Å². The SMILES string of the molecule is CCC/C=C\C/C=C\CCCCCCCC(=O)OCCCCCCCCCCCCCCCCC/C=C\C/C=C\CCCCCCCCCCCCCCCCCCCC(=O)NC(CO)C(O)CCCCCCCCCCCCCCCCCCCCCC. The van der Waals surface area contributed by atoms with Crippen LogP contribution in [0.15, 0.2) is 48.6 Å². The first kappa shape index (κ1) is 86.8. The summed E-state index contributed by atoms with van der Waals surface area (Å²) in [5.41, 5.74) is 0. The van der Waals surface area contributed by atoms with Crippen LogP contribution in [0.3, 0.4) is 0 Å². The maximum absolute atomic E-state index is 12.6. The summed E-state index contributed by atoms with van der Waals surface area (Å²) in [6, 6.07) is -0.540. The van der Waals surface area contributed by atoms with Crippen LogP contribution in [-0.4, -0.2) is 47.4 Å². The average Bonchev–Trinajstić information content (AvgIpc) is 3.55. The van der Waals surface area contributed by atoms with E-state index in [2.05, 4.69) is 67.8 Å². The number of unbranched alkanes of at least 4 members (excludes halogenated alkanes) is 57. The minimum atomic E-state index is -0.663. The lowest BCUT2D eigenvalue weighted by molar-refractivity contribution is -0.143. The first-order valence-corrected chi connectivity index (χ1v) is 40.4. The molecular formula is C83H157NO5. The molecule has 0 aliphatic carbocycles. The number of hydrogen-bond donors (Lipinski definition) is 3. The Hall–Kier alpha value is -2.18. The van der Waals surface area contributed by atoms with E-state index in [0.29, 0.717) is 25.9 Å². The van der Waals surface area contributed by atoms with Gasteiger partial charge in [0.25, 0.3) is 0 Å². The Morgan fingerprint density at radius 2 is 0.584 bits per heavy atom. The Morgan fingerprint density at radius 1 is 0.315 bits per heavy atom. The van der Waals surface area contributed by atoms with Gasteiger partial charge < -0.3 is 20.3 Å². The zero-order valence-corrected chi connectivity index (χ0v) is 60.2. The van der Waals surface area contributed by atoms with Gasteiger partial charge in [0, 0.05) is 12.8 Å². The van der Waals surface area contributed by atoms with E-state index < -0.39 is 12.1 Å². The number of carbonyl (C=O) groups excluding carboxylic acids is 2. The summed E-state index contributed by atoms with van der Waals surface area (Å²) in [5.74, 6) is -0.0221. The second-order valence-corrected chi connectivity index (χ2v) is 27.7. The van der Waals surface area contributed by atoms with Gasteiger partial charge >= 0.3 is 5.97 Å². The lowest BCUT2D eigenvalue weighted by Crippen LogP contribution is -2.45. The first-order chi connectivity index (χ1) is 44.0. The molecule has 0 aliphatic rings. The molecule has 0 saturated heterocycles. The molecule has 6 heteroatoms. The molecule has 2 atom stereocenters. The summed E-state index contributed by atoms with van der Waals surface area (Å²) in [4.78, 5) is 24.6. The van der Waals surface area contributed by atoms with Crippen LogP contribution in [0.4, 0.5) is 0 Å². The molecule has 0 aromatic rings. The summed E-state index contributed by atoms with van der Waals surface area (Å²) < 4.78 is 5.48. The Balaban J connectivity index is 3.36. The first-order valence-electron chi connectivity index (χ1n) is 40.4. The van der Waals surface area contributed by atoms with Crippen LogP contribution < -0.4 is 5.32 Å². The van der Waals surface area contributed by atoms with Gasteiger partial charge in [0.2, 0.25) is 5.91 Å². The van der Waals surface area contributed by atoms with Crippen LogP contribution in [0, 0.1) is 0 Å². The predicted octanol–water partition coefficient (Wildman–Crippen LogP) is 26.8. The van der Waals surface area contributed by atoms with Crippen molar-refractivity contribution >= 4 is 11.9 Å². The fourth-order valence-corrected chi connectivity index (χ4v) is 12.7. The molecule has 0 aliphatic heterocycles. The van der Waals surface area contributed by atoms with E-state index in [1.54, 1.807) is 0 Å². The molecule has 0 fully saturated rings. The topological polar surface area (TPSA) is 95.9 Å². The van der Waals surface area contributed by atoms with E-state index in [4.69, 9.17) is 4.74 Å². The highest BCUT2D eigenvalue weighted by Gasteiger charge is 2.20.